The minimum Gasteiger partial charge on any atom is -0.512 e. The van der Waals surface area contributed by atoms with Gasteiger partial charge >= 0.3 is 0 Å². The zero-order valence-corrected chi connectivity index (χ0v) is 28.6. The summed E-state index contributed by atoms with van der Waals surface area (Å²) in [6.45, 7) is 14.8. The molecular weight excluding hydrogens is 723 g/mol. The number of ketones is 1. The van der Waals surface area contributed by atoms with E-state index in [0.717, 1.165) is 57.6 Å². The number of aliphatic hydroxyl groups excluding tert-OH is 1. The molecule has 0 atom stereocenters. The summed E-state index contributed by atoms with van der Waals surface area (Å²) in [6.07, 6.45) is 8.20. The van der Waals surface area contributed by atoms with Crippen LogP contribution in [-0.4, -0.2) is 35.5 Å². The van der Waals surface area contributed by atoms with Crippen molar-refractivity contribution in [2.24, 2.45) is 11.8 Å². The first-order valence-electron chi connectivity index (χ1n) is 14.5. The van der Waals surface area contributed by atoms with E-state index in [1.165, 1.54) is 17.0 Å². The van der Waals surface area contributed by atoms with Gasteiger partial charge in [-0.05, 0) is 31.1 Å². The molecule has 0 aliphatic rings. The van der Waals surface area contributed by atoms with Crippen LogP contribution < -0.4 is 0 Å². The Hall–Kier alpha value is -3.00. The van der Waals surface area contributed by atoms with Crippen molar-refractivity contribution in [2.75, 3.05) is 0 Å². The molecule has 0 fully saturated rings. The summed E-state index contributed by atoms with van der Waals surface area (Å²) in [6, 6.07) is 14.2. The third kappa shape index (κ3) is 7.13. The number of thiazole rings is 1. The average molecular weight is 763 g/mol. The number of aromatic nitrogens is 5. The topological polar surface area (TPSA) is 93.3 Å². The first-order chi connectivity index (χ1) is 19.6. The molecule has 0 unspecified atom stereocenters. The van der Waals surface area contributed by atoms with Crippen LogP contribution in [0.4, 0.5) is 0 Å². The number of allylic oxidation sites excluding steroid dienone is 2. The Bertz CT molecular complexity index is 1680. The number of rotatable bonds is 8. The maximum Gasteiger partial charge on any atom is 0.217 e. The zero-order valence-electron chi connectivity index (χ0n) is 25.4. The van der Waals surface area contributed by atoms with Crippen molar-refractivity contribution in [3.63, 3.8) is 0 Å². The smallest absolute Gasteiger partial charge is 0.217 e. The molecule has 2 aromatic carbocycles. The Morgan fingerprint density at radius 2 is 1.71 bits per heavy atom. The Balaban J connectivity index is 0.000000263. The van der Waals surface area contributed by atoms with Gasteiger partial charge in [-0.15, -0.1) is 39.3 Å². The molecule has 1 N–H and O–H groups in total. The maximum atomic E-state index is 11.7. The van der Waals surface area contributed by atoms with Crippen LogP contribution in [0.3, 0.4) is 0 Å². The molecule has 0 spiro atoms. The van der Waals surface area contributed by atoms with Gasteiger partial charge in [-0.2, -0.15) is 0 Å². The van der Waals surface area contributed by atoms with E-state index in [-0.39, 0.29) is 48.9 Å². The SMILES string of the molecule is CC(C)(C)c1cc(-c2ncnc3c2sc2nncn23)[c-]c2ccccc12.CCC(CC)C(=O)/C=C(\O)C(CC)CC.[Ir]. The Morgan fingerprint density at radius 3 is 2.36 bits per heavy atom. The van der Waals surface area contributed by atoms with Crippen LogP contribution in [0.15, 0.2) is 54.8 Å². The molecule has 0 saturated carbocycles. The van der Waals surface area contributed by atoms with Crippen LogP contribution in [0.1, 0.15) is 79.7 Å². The Labute approximate surface area is 265 Å². The standard InChI is InChI=1S/C20H16N5S.C13H24O2.Ir/c1-20(2,3)15-9-13(8-12-6-4-5-7-14(12)15)16-17-18(22-10-21-16)25-11-23-24-19(25)26-17;1-5-10(6-2)12(14)9-13(15)11(7-3)8-4;/h4-7,9-11H,1-3H3;9-11,14H,5-8H2,1-4H3;/q-1;;/b;12-9-;. The average Bonchev–Trinajstić information content (AvgIpc) is 3.55. The molecule has 7 nitrogen and oxygen atoms in total. The number of fused-ring (bicyclic) bond motifs is 4. The predicted molar refractivity (Wildman–Crippen MR) is 168 cm³/mol. The van der Waals surface area contributed by atoms with Crippen molar-refractivity contribution < 1.29 is 30.0 Å². The van der Waals surface area contributed by atoms with Gasteiger partial charge in [-0.1, -0.05) is 89.0 Å². The van der Waals surface area contributed by atoms with Gasteiger partial charge in [0.25, 0.3) is 0 Å². The van der Waals surface area contributed by atoms with Crippen molar-refractivity contribution in [1.29, 1.82) is 0 Å². The number of hydrogen-bond acceptors (Lipinski definition) is 7. The molecule has 0 amide bonds. The Morgan fingerprint density at radius 1 is 1.05 bits per heavy atom. The van der Waals surface area contributed by atoms with Crippen LogP contribution in [0.5, 0.6) is 0 Å². The predicted octanol–water partition coefficient (Wildman–Crippen LogP) is 8.52. The summed E-state index contributed by atoms with van der Waals surface area (Å²) in [5.41, 5.74) is 4.01. The summed E-state index contributed by atoms with van der Waals surface area (Å²) >= 11 is 1.55. The monoisotopic (exact) mass is 763 g/mol. The number of carbonyl (C=O) groups excluding carboxylic acids is 1. The fourth-order valence-corrected chi connectivity index (χ4v) is 6.11. The normalized spacial score (nSPS) is 12.2. The largest absolute Gasteiger partial charge is 0.512 e. The molecule has 5 aromatic rings. The molecule has 0 aliphatic heterocycles. The summed E-state index contributed by atoms with van der Waals surface area (Å²) in [4.78, 5) is 21.6. The summed E-state index contributed by atoms with van der Waals surface area (Å²) < 4.78 is 2.90. The first-order valence-corrected chi connectivity index (χ1v) is 15.3. The fourth-order valence-electron chi connectivity index (χ4n) is 5.11. The van der Waals surface area contributed by atoms with E-state index in [0.29, 0.717) is 0 Å². The second-order valence-corrected chi connectivity index (χ2v) is 12.3. The van der Waals surface area contributed by atoms with Gasteiger partial charge in [0.1, 0.15) is 12.7 Å². The van der Waals surface area contributed by atoms with E-state index in [4.69, 9.17) is 0 Å². The number of aliphatic hydroxyl groups is 1. The van der Waals surface area contributed by atoms with Crippen LogP contribution in [0.2, 0.25) is 0 Å². The maximum absolute atomic E-state index is 11.7. The molecular formula is C33H40IrN5O2S-. The van der Waals surface area contributed by atoms with E-state index in [9.17, 15) is 9.90 Å². The van der Waals surface area contributed by atoms with E-state index >= 15 is 0 Å². The van der Waals surface area contributed by atoms with Gasteiger partial charge in [0.05, 0.1) is 10.5 Å². The first kappa shape index (κ1) is 33.5. The van der Waals surface area contributed by atoms with E-state index < -0.39 is 0 Å². The van der Waals surface area contributed by atoms with Crippen LogP contribution in [0.25, 0.3) is 37.3 Å². The van der Waals surface area contributed by atoms with Gasteiger partial charge < -0.3 is 5.11 Å². The van der Waals surface area contributed by atoms with Crippen LogP contribution in [-0.2, 0) is 30.3 Å². The fraction of sp³-hybridized carbons (Fsp3) is 0.424. The molecule has 5 rings (SSSR count). The second-order valence-electron chi connectivity index (χ2n) is 11.4. The third-order valence-electron chi connectivity index (χ3n) is 7.64. The van der Waals surface area contributed by atoms with E-state index in [1.54, 1.807) is 24.0 Å². The minimum atomic E-state index is 0. The quantitative estimate of drug-likeness (QED) is 0.0969. The molecule has 9 heteroatoms. The van der Waals surface area contributed by atoms with Crippen molar-refractivity contribution in [2.45, 2.75) is 79.6 Å². The number of benzene rings is 2. The van der Waals surface area contributed by atoms with Crippen molar-refractivity contribution in [1.82, 2.24) is 24.6 Å². The van der Waals surface area contributed by atoms with Crippen molar-refractivity contribution >= 4 is 43.2 Å². The van der Waals surface area contributed by atoms with Gasteiger partial charge in [-0.3, -0.25) is 14.2 Å². The zero-order chi connectivity index (χ0) is 29.7. The van der Waals surface area contributed by atoms with E-state index in [2.05, 4.69) is 77.3 Å². The number of carbonyl (C=O) groups is 1. The molecule has 0 aliphatic carbocycles. The minimum absolute atomic E-state index is 0. The van der Waals surface area contributed by atoms with Crippen molar-refractivity contribution in [3.8, 4) is 11.3 Å². The van der Waals surface area contributed by atoms with Gasteiger partial charge in [0.15, 0.2) is 11.4 Å². The van der Waals surface area contributed by atoms with Crippen LogP contribution >= 0.6 is 11.3 Å². The molecule has 3 aromatic heterocycles. The summed E-state index contributed by atoms with van der Waals surface area (Å²) in [5, 5.41) is 20.2. The number of hydrogen-bond donors (Lipinski definition) is 1. The summed E-state index contributed by atoms with van der Waals surface area (Å²) in [7, 11) is 0. The van der Waals surface area contributed by atoms with Crippen molar-refractivity contribution in [3.05, 3.63) is 66.5 Å². The number of nitrogens with zero attached hydrogens (tertiary/aromatic N) is 5. The molecule has 42 heavy (non-hydrogen) atoms. The molecule has 1 radical (unpaired) electrons. The third-order valence-corrected chi connectivity index (χ3v) is 8.68. The van der Waals surface area contributed by atoms with Gasteiger partial charge in [-0.25, -0.2) is 4.98 Å². The molecule has 3 heterocycles. The molecule has 0 saturated heterocycles. The Kier molecular flexibility index (Phi) is 11.5. The van der Waals surface area contributed by atoms with E-state index in [1.807, 2.05) is 32.1 Å². The summed E-state index contributed by atoms with van der Waals surface area (Å²) in [5.74, 6) is 0.547. The van der Waals surface area contributed by atoms with Crippen LogP contribution in [0, 0.1) is 17.9 Å². The molecule has 225 valence electrons. The van der Waals surface area contributed by atoms with Gasteiger partial charge in [0.2, 0.25) is 4.96 Å². The molecule has 0 bridgehead atoms. The van der Waals surface area contributed by atoms with Gasteiger partial charge in [0, 0.05) is 43.7 Å². The second kappa shape index (κ2) is 14.5.